The molecule has 16 heteroatoms. The Morgan fingerprint density at radius 2 is 1.20 bits per heavy atom. The number of nitrogens with zero attached hydrogens (tertiary/aromatic N) is 2. The minimum atomic E-state index is -3.21. The maximum atomic E-state index is 15.1. The number of benzene rings is 2. The van der Waals surface area contributed by atoms with Crippen molar-refractivity contribution in [2.24, 2.45) is 0 Å². The van der Waals surface area contributed by atoms with Crippen LogP contribution in [0.3, 0.4) is 0 Å². The van der Waals surface area contributed by atoms with Gasteiger partial charge in [-0.2, -0.15) is 0 Å². The molecule has 0 radical (unpaired) electrons. The van der Waals surface area contributed by atoms with Gasteiger partial charge in [0.05, 0.1) is 66.4 Å². The number of alkyl halides is 2. The molecule has 0 aromatic heterocycles. The average Bonchev–Trinajstić information content (AvgIpc) is 3.26. The van der Waals surface area contributed by atoms with Crippen LogP contribution in [0.15, 0.2) is 24.3 Å². The third-order valence-electron chi connectivity index (χ3n) is 8.16. The lowest BCUT2D eigenvalue weighted by Crippen LogP contribution is -2.44. The zero-order chi connectivity index (χ0) is 41.1. The van der Waals surface area contributed by atoms with Crippen LogP contribution in [0, 0.1) is 0 Å². The minimum absolute atomic E-state index is 0.0297. The van der Waals surface area contributed by atoms with E-state index in [1.54, 1.807) is 46.4 Å². The Bertz CT molecular complexity index is 1600. The number of amides is 1. The van der Waals surface area contributed by atoms with Crippen molar-refractivity contribution in [1.29, 1.82) is 0 Å². The van der Waals surface area contributed by atoms with Gasteiger partial charge in [0.25, 0.3) is 5.92 Å². The van der Waals surface area contributed by atoms with Crippen LogP contribution < -0.4 is 28.4 Å². The van der Waals surface area contributed by atoms with Gasteiger partial charge in [0.2, 0.25) is 11.5 Å². The zero-order valence-electron chi connectivity index (χ0n) is 33.8. The van der Waals surface area contributed by atoms with Gasteiger partial charge in [-0.05, 0) is 85.1 Å². The second-order valence-corrected chi connectivity index (χ2v) is 15.0. The number of halogens is 2. The van der Waals surface area contributed by atoms with Gasteiger partial charge in [0, 0.05) is 19.6 Å². The third-order valence-corrected chi connectivity index (χ3v) is 8.16. The third kappa shape index (κ3) is 13.5. The van der Waals surface area contributed by atoms with Crippen LogP contribution in [-0.2, 0) is 14.2 Å². The van der Waals surface area contributed by atoms with Crippen molar-refractivity contribution >= 4 is 18.0 Å². The van der Waals surface area contributed by atoms with E-state index < -0.39 is 54.3 Å². The molecule has 1 atom stereocenters. The Morgan fingerprint density at radius 1 is 0.691 bits per heavy atom. The lowest BCUT2D eigenvalue weighted by molar-refractivity contribution is -0.0454. The summed E-state index contributed by atoms with van der Waals surface area (Å²) in [5.41, 5.74) is -1.25. The Hall–Kier alpha value is -4.73. The molecule has 1 unspecified atom stereocenters. The number of methoxy groups -OCH3 is 5. The molecule has 1 aliphatic rings. The molecule has 0 bridgehead atoms. The van der Waals surface area contributed by atoms with Crippen molar-refractivity contribution in [2.75, 3.05) is 74.9 Å². The van der Waals surface area contributed by atoms with Crippen molar-refractivity contribution in [3.05, 3.63) is 35.4 Å². The van der Waals surface area contributed by atoms with Crippen LogP contribution in [0.2, 0.25) is 0 Å². The summed E-state index contributed by atoms with van der Waals surface area (Å²) in [5.74, 6) is -2.94. The molecule has 55 heavy (non-hydrogen) atoms. The van der Waals surface area contributed by atoms with E-state index >= 15 is 8.78 Å². The molecule has 0 saturated carbocycles. The van der Waals surface area contributed by atoms with E-state index in [0.29, 0.717) is 12.2 Å². The Labute approximate surface area is 322 Å². The first-order valence-electron chi connectivity index (χ1n) is 17.9. The lowest BCUT2D eigenvalue weighted by atomic mass is 10.1. The van der Waals surface area contributed by atoms with Gasteiger partial charge in [-0.25, -0.2) is 23.2 Å². The van der Waals surface area contributed by atoms with Crippen molar-refractivity contribution in [2.45, 2.75) is 84.0 Å². The summed E-state index contributed by atoms with van der Waals surface area (Å²) in [5, 5.41) is 0. The molecular formula is C39H56F2N2O12. The maximum absolute atomic E-state index is 15.1. The number of carbonyl (C=O) groups excluding carboxylic acids is 3. The van der Waals surface area contributed by atoms with Gasteiger partial charge in [-0.1, -0.05) is 0 Å². The number of rotatable bonds is 16. The van der Waals surface area contributed by atoms with Crippen molar-refractivity contribution < 1.29 is 65.8 Å². The second kappa shape index (κ2) is 19.2. The topological polar surface area (TPSA) is 141 Å². The summed E-state index contributed by atoms with van der Waals surface area (Å²) < 4.78 is 80.3. The summed E-state index contributed by atoms with van der Waals surface area (Å²) in [4.78, 5) is 41.7. The van der Waals surface area contributed by atoms with Crippen molar-refractivity contribution in [3.63, 3.8) is 0 Å². The van der Waals surface area contributed by atoms with E-state index in [4.69, 9.17) is 42.6 Å². The Balaban J connectivity index is 1.81. The number of ether oxygens (including phenoxy) is 9. The first-order chi connectivity index (χ1) is 25.7. The highest BCUT2D eigenvalue weighted by atomic mass is 19.3. The van der Waals surface area contributed by atoms with E-state index in [9.17, 15) is 14.4 Å². The fraction of sp³-hybridized carbons (Fsp3) is 0.615. The Kier molecular flexibility index (Phi) is 15.6. The van der Waals surface area contributed by atoms with E-state index in [0.717, 1.165) is 4.90 Å². The first kappa shape index (κ1) is 44.7. The monoisotopic (exact) mass is 782 g/mol. The number of hydrogen-bond donors (Lipinski definition) is 0. The molecule has 0 spiro atoms. The van der Waals surface area contributed by atoms with Crippen LogP contribution in [0.25, 0.3) is 0 Å². The zero-order valence-corrected chi connectivity index (χ0v) is 33.8. The minimum Gasteiger partial charge on any atom is -0.493 e. The summed E-state index contributed by atoms with van der Waals surface area (Å²) in [6.45, 7) is 9.32. The van der Waals surface area contributed by atoms with Crippen LogP contribution in [0.4, 0.5) is 13.6 Å². The molecule has 3 rings (SSSR count). The number of hydrogen-bond acceptors (Lipinski definition) is 13. The predicted octanol–water partition coefficient (Wildman–Crippen LogP) is 6.65. The highest BCUT2D eigenvalue weighted by Gasteiger charge is 2.40. The molecule has 1 fully saturated rings. The van der Waals surface area contributed by atoms with Gasteiger partial charge in [0.1, 0.15) is 17.3 Å². The van der Waals surface area contributed by atoms with Gasteiger partial charge in [-0.3, -0.25) is 4.90 Å². The molecule has 0 N–H and O–H groups in total. The van der Waals surface area contributed by atoms with Crippen molar-refractivity contribution in [3.8, 4) is 34.5 Å². The van der Waals surface area contributed by atoms with Gasteiger partial charge in [-0.15, -0.1) is 0 Å². The highest BCUT2D eigenvalue weighted by Crippen LogP contribution is 2.40. The molecule has 0 aliphatic carbocycles. The van der Waals surface area contributed by atoms with E-state index in [1.165, 1.54) is 59.8 Å². The molecule has 1 aliphatic heterocycles. The lowest BCUT2D eigenvalue weighted by Gasteiger charge is -2.27. The quantitative estimate of drug-likeness (QED) is 0.102. The van der Waals surface area contributed by atoms with E-state index in [-0.39, 0.29) is 79.0 Å². The van der Waals surface area contributed by atoms with Crippen molar-refractivity contribution in [1.82, 2.24) is 9.80 Å². The molecule has 1 saturated heterocycles. The molecular weight excluding hydrogens is 726 g/mol. The molecule has 1 heterocycles. The van der Waals surface area contributed by atoms with Gasteiger partial charge in [0.15, 0.2) is 23.0 Å². The Morgan fingerprint density at radius 3 is 1.71 bits per heavy atom. The fourth-order valence-electron chi connectivity index (χ4n) is 5.74. The smallest absolute Gasteiger partial charge is 0.410 e. The van der Waals surface area contributed by atoms with Gasteiger partial charge >= 0.3 is 18.0 Å². The number of esters is 2. The van der Waals surface area contributed by atoms with Crippen LogP contribution in [0.1, 0.15) is 81.5 Å². The summed E-state index contributed by atoms with van der Waals surface area (Å²) in [6, 6.07) is 5.92. The van der Waals surface area contributed by atoms with Crippen LogP contribution in [0.5, 0.6) is 34.5 Å². The summed E-state index contributed by atoms with van der Waals surface area (Å²) in [6.07, 6.45) is -0.757. The average molecular weight is 783 g/mol. The summed E-state index contributed by atoms with van der Waals surface area (Å²) in [7, 11) is 7.15. The normalized spacial score (nSPS) is 15.3. The fourth-order valence-corrected chi connectivity index (χ4v) is 5.74. The second-order valence-electron chi connectivity index (χ2n) is 15.0. The largest absolute Gasteiger partial charge is 0.493 e. The molecule has 308 valence electrons. The molecule has 14 nitrogen and oxygen atoms in total. The maximum Gasteiger partial charge on any atom is 0.410 e. The molecule has 2 aromatic rings. The van der Waals surface area contributed by atoms with E-state index in [2.05, 4.69) is 0 Å². The van der Waals surface area contributed by atoms with E-state index in [1.807, 2.05) is 0 Å². The predicted molar refractivity (Wildman–Crippen MR) is 199 cm³/mol. The SMILES string of the molecule is COc1cc(C(=O)OC(CCCOc2cc(C(=O)OC(C)(C)C)cc(OC)c2OC)CCN2CCN(C(=O)OC(C)(C)C)CC(F)(F)C2)cc(OC)c1OC. The highest BCUT2D eigenvalue weighted by molar-refractivity contribution is 5.92. The van der Waals surface area contributed by atoms with Crippen LogP contribution in [-0.4, -0.2) is 126 Å². The number of carbonyl (C=O) groups is 3. The standard InChI is InChI=1S/C39H56F2N2O12/c1-37(2,3)54-35(45)26-21-30(49-9)33(51-11)31(22-26)52-18-12-13-27(53-34(44)25-19-28(47-7)32(50-10)29(20-25)48-8)14-15-42-16-17-43(24-39(40,41)23-42)36(46)55-38(4,5)6/h19-22,27H,12-18,23-24H2,1-11H3. The van der Waals surface area contributed by atoms with Crippen LogP contribution >= 0.6 is 0 Å². The summed E-state index contributed by atoms with van der Waals surface area (Å²) >= 11 is 0. The molecule has 2 aromatic carbocycles. The first-order valence-corrected chi connectivity index (χ1v) is 17.9. The van der Waals surface area contributed by atoms with Gasteiger partial charge < -0.3 is 47.5 Å². The molecule has 1 amide bonds.